The number of aryl methyl sites for hydroxylation is 1. The van der Waals surface area contributed by atoms with E-state index >= 15 is 0 Å². The summed E-state index contributed by atoms with van der Waals surface area (Å²) < 4.78 is 1.55. The van der Waals surface area contributed by atoms with Crippen LogP contribution in [0.3, 0.4) is 0 Å². The molecule has 0 unspecified atom stereocenters. The monoisotopic (exact) mass is 359 g/mol. The van der Waals surface area contributed by atoms with Gasteiger partial charge in [-0.15, -0.1) is 0 Å². The van der Waals surface area contributed by atoms with Crippen LogP contribution in [0.5, 0.6) is 0 Å². The maximum absolute atomic E-state index is 12.7. The highest BCUT2D eigenvalue weighted by atomic mass is 32.2. The summed E-state index contributed by atoms with van der Waals surface area (Å²) in [5.41, 5.74) is 2.47. The molecule has 134 valence electrons. The molecular weight excluding hydrogens is 334 g/mol. The molecule has 0 atom stereocenters. The number of hydrogen-bond donors (Lipinski definition) is 0. The lowest BCUT2D eigenvalue weighted by atomic mass is 10.1. The predicted molar refractivity (Wildman–Crippen MR) is 102 cm³/mol. The third kappa shape index (κ3) is 4.72. The Kier molecular flexibility index (Phi) is 6.82. The summed E-state index contributed by atoms with van der Waals surface area (Å²) in [5, 5.41) is 0.583. The van der Waals surface area contributed by atoms with Gasteiger partial charge in [-0.3, -0.25) is 14.2 Å². The van der Waals surface area contributed by atoms with Gasteiger partial charge < -0.3 is 4.90 Å². The molecule has 0 bridgehead atoms. The van der Waals surface area contributed by atoms with Crippen LogP contribution in [0.4, 0.5) is 0 Å². The molecule has 0 radical (unpaired) electrons. The lowest BCUT2D eigenvalue weighted by Gasteiger charge is -2.18. The van der Waals surface area contributed by atoms with Gasteiger partial charge in [-0.05, 0) is 26.3 Å². The molecular formula is C19H25N3O2S. The van der Waals surface area contributed by atoms with Crippen molar-refractivity contribution in [1.82, 2.24) is 14.5 Å². The first kappa shape index (κ1) is 19.2. The molecule has 0 aliphatic rings. The molecule has 0 saturated carbocycles. The lowest BCUT2D eigenvalue weighted by Crippen LogP contribution is -2.32. The van der Waals surface area contributed by atoms with Crippen molar-refractivity contribution < 1.29 is 4.79 Å². The fourth-order valence-corrected chi connectivity index (χ4v) is 3.57. The van der Waals surface area contributed by atoms with E-state index in [1.807, 2.05) is 51.1 Å². The van der Waals surface area contributed by atoms with E-state index in [0.717, 1.165) is 11.3 Å². The quantitative estimate of drug-likeness (QED) is 0.563. The van der Waals surface area contributed by atoms with E-state index < -0.39 is 0 Å². The van der Waals surface area contributed by atoms with Gasteiger partial charge in [-0.25, -0.2) is 4.98 Å². The summed E-state index contributed by atoms with van der Waals surface area (Å²) in [4.78, 5) is 31.2. The van der Waals surface area contributed by atoms with Crippen molar-refractivity contribution in [2.24, 2.45) is 7.05 Å². The van der Waals surface area contributed by atoms with Gasteiger partial charge in [0.25, 0.3) is 5.56 Å². The van der Waals surface area contributed by atoms with Gasteiger partial charge in [0.2, 0.25) is 5.91 Å². The molecule has 1 aromatic heterocycles. The summed E-state index contributed by atoms with van der Waals surface area (Å²) in [6, 6.07) is 9.89. The number of carbonyl (C=O) groups excluding carboxylic acids is 1. The van der Waals surface area contributed by atoms with Gasteiger partial charge in [-0.2, -0.15) is 0 Å². The van der Waals surface area contributed by atoms with Crippen molar-refractivity contribution in [1.29, 1.82) is 0 Å². The maximum atomic E-state index is 12.7. The number of aromatic nitrogens is 2. The Hall–Kier alpha value is -2.08. The van der Waals surface area contributed by atoms with E-state index in [1.165, 1.54) is 11.8 Å². The number of thioether (sulfide) groups is 1. The molecule has 1 aromatic carbocycles. The lowest BCUT2D eigenvalue weighted by molar-refractivity contribution is -0.127. The summed E-state index contributed by atoms with van der Waals surface area (Å²) in [6.07, 6.45) is 0.565. The zero-order valence-electron chi connectivity index (χ0n) is 15.3. The molecule has 0 aliphatic carbocycles. The minimum atomic E-state index is -0.0471. The number of benzene rings is 1. The smallest absolute Gasteiger partial charge is 0.257 e. The standard InChI is InChI=1S/C19H25N3O2S/c1-5-22(6-2)17(23)13-25-19-20-14(3)16(18(24)21(19)4)12-15-10-8-7-9-11-15/h7-11H,5-6,12-13H2,1-4H3. The largest absolute Gasteiger partial charge is 0.343 e. The van der Waals surface area contributed by atoms with Crippen molar-refractivity contribution in [2.75, 3.05) is 18.8 Å². The van der Waals surface area contributed by atoms with Crippen LogP contribution in [-0.4, -0.2) is 39.2 Å². The first-order chi connectivity index (χ1) is 12.0. The van der Waals surface area contributed by atoms with Crippen molar-refractivity contribution in [3.05, 3.63) is 57.5 Å². The van der Waals surface area contributed by atoms with Gasteiger partial charge >= 0.3 is 0 Å². The maximum Gasteiger partial charge on any atom is 0.257 e. The average molecular weight is 359 g/mol. The topological polar surface area (TPSA) is 55.2 Å². The van der Waals surface area contributed by atoms with Crippen LogP contribution in [-0.2, 0) is 18.3 Å². The van der Waals surface area contributed by atoms with Gasteiger partial charge in [0, 0.05) is 37.8 Å². The number of nitrogens with zero attached hydrogens (tertiary/aromatic N) is 3. The van der Waals surface area contributed by atoms with Gasteiger partial charge in [0.1, 0.15) is 0 Å². The van der Waals surface area contributed by atoms with Crippen LogP contribution in [0.15, 0.2) is 40.3 Å². The van der Waals surface area contributed by atoms with Crippen molar-refractivity contribution >= 4 is 17.7 Å². The Labute approximate surface area is 153 Å². The molecule has 0 saturated heterocycles. The van der Waals surface area contributed by atoms with Crippen LogP contribution in [0, 0.1) is 6.92 Å². The molecule has 0 aliphatic heterocycles. The van der Waals surface area contributed by atoms with E-state index in [9.17, 15) is 9.59 Å². The summed E-state index contributed by atoms with van der Waals surface area (Å²) >= 11 is 1.32. The Bertz CT molecular complexity index is 783. The van der Waals surface area contributed by atoms with Crippen LogP contribution in [0.2, 0.25) is 0 Å². The summed E-state index contributed by atoms with van der Waals surface area (Å²) in [5.74, 6) is 0.356. The van der Waals surface area contributed by atoms with Crippen molar-refractivity contribution in [3.63, 3.8) is 0 Å². The van der Waals surface area contributed by atoms with E-state index in [2.05, 4.69) is 4.98 Å². The third-order valence-electron chi connectivity index (χ3n) is 4.21. The Morgan fingerprint density at radius 3 is 2.44 bits per heavy atom. The predicted octanol–water partition coefficient (Wildman–Crippen LogP) is 2.64. The molecule has 25 heavy (non-hydrogen) atoms. The molecule has 6 heteroatoms. The Balaban J connectivity index is 2.20. The van der Waals surface area contributed by atoms with Crippen LogP contribution < -0.4 is 5.56 Å². The molecule has 1 heterocycles. The second kappa shape index (κ2) is 8.85. The molecule has 5 nitrogen and oxygen atoms in total. The zero-order chi connectivity index (χ0) is 18.4. The van der Waals surface area contributed by atoms with Crippen molar-refractivity contribution in [2.45, 2.75) is 32.3 Å². The second-order valence-corrected chi connectivity index (χ2v) is 6.78. The highest BCUT2D eigenvalue weighted by Crippen LogP contribution is 2.17. The molecule has 2 rings (SSSR count). The van der Waals surface area contributed by atoms with Gasteiger partial charge in [-0.1, -0.05) is 42.1 Å². The van der Waals surface area contributed by atoms with Crippen LogP contribution >= 0.6 is 11.8 Å². The van der Waals surface area contributed by atoms with Gasteiger partial charge in [0.05, 0.1) is 5.75 Å². The number of amides is 1. The fraction of sp³-hybridized carbons (Fsp3) is 0.421. The first-order valence-electron chi connectivity index (χ1n) is 8.48. The van der Waals surface area contributed by atoms with Gasteiger partial charge in [0.15, 0.2) is 5.16 Å². The average Bonchev–Trinajstić information content (AvgIpc) is 2.62. The Morgan fingerprint density at radius 2 is 1.84 bits per heavy atom. The van der Waals surface area contributed by atoms with E-state index in [0.29, 0.717) is 36.0 Å². The number of rotatable bonds is 7. The minimum absolute atomic E-state index is 0.0471. The minimum Gasteiger partial charge on any atom is -0.343 e. The first-order valence-corrected chi connectivity index (χ1v) is 9.47. The summed E-state index contributed by atoms with van der Waals surface area (Å²) in [6.45, 7) is 7.16. The molecule has 0 fully saturated rings. The normalized spacial score (nSPS) is 10.7. The highest BCUT2D eigenvalue weighted by Gasteiger charge is 2.15. The zero-order valence-corrected chi connectivity index (χ0v) is 16.1. The fourth-order valence-electron chi connectivity index (χ4n) is 2.66. The molecule has 1 amide bonds. The van der Waals surface area contributed by atoms with E-state index in [-0.39, 0.29) is 11.5 Å². The highest BCUT2D eigenvalue weighted by molar-refractivity contribution is 7.99. The second-order valence-electron chi connectivity index (χ2n) is 5.84. The van der Waals surface area contributed by atoms with Crippen LogP contribution in [0.25, 0.3) is 0 Å². The Morgan fingerprint density at radius 1 is 1.20 bits per heavy atom. The van der Waals surface area contributed by atoms with Crippen molar-refractivity contribution in [3.8, 4) is 0 Å². The SMILES string of the molecule is CCN(CC)C(=O)CSc1nc(C)c(Cc2ccccc2)c(=O)n1C. The molecule has 0 N–H and O–H groups in total. The van der Waals surface area contributed by atoms with E-state index in [4.69, 9.17) is 0 Å². The number of carbonyl (C=O) groups is 1. The molecule has 2 aromatic rings. The van der Waals surface area contributed by atoms with Crippen LogP contribution in [0.1, 0.15) is 30.7 Å². The third-order valence-corrected chi connectivity index (χ3v) is 5.23. The summed E-state index contributed by atoms with van der Waals surface area (Å²) in [7, 11) is 1.72. The van der Waals surface area contributed by atoms with E-state index in [1.54, 1.807) is 16.5 Å². The number of hydrogen-bond acceptors (Lipinski definition) is 4. The molecule has 0 spiro atoms.